The van der Waals surface area contributed by atoms with E-state index >= 15 is 0 Å². The number of benzene rings is 2. The predicted molar refractivity (Wildman–Crippen MR) is 123 cm³/mol. The number of thioether (sulfide) groups is 1. The molecule has 0 unspecified atom stereocenters. The molecule has 0 bridgehead atoms. The van der Waals surface area contributed by atoms with E-state index in [4.69, 9.17) is 4.98 Å². The summed E-state index contributed by atoms with van der Waals surface area (Å²) in [6.45, 7) is 1.91. The average molecular weight is 428 g/mol. The van der Waals surface area contributed by atoms with Gasteiger partial charge in [-0.2, -0.15) is 0 Å². The fourth-order valence-electron chi connectivity index (χ4n) is 4.07. The third kappa shape index (κ3) is 3.68. The summed E-state index contributed by atoms with van der Waals surface area (Å²) in [7, 11) is 0. The second-order valence-electron chi connectivity index (χ2n) is 7.74. The minimum Gasteiger partial charge on any atom is -0.293 e. The SMILES string of the molecule is Cc1cccnc1-n1c(SCC(=O)c2ccc3c(c2)CCC3)nc2ccccc2c1=O. The van der Waals surface area contributed by atoms with Crippen molar-refractivity contribution in [1.29, 1.82) is 0 Å². The quantitative estimate of drug-likeness (QED) is 0.266. The minimum absolute atomic E-state index is 0.0337. The molecule has 5 nitrogen and oxygen atoms in total. The summed E-state index contributed by atoms with van der Waals surface area (Å²) in [5.74, 6) is 0.778. The molecule has 0 saturated carbocycles. The summed E-state index contributed by atoms with van der Waals surface area (Å²) in [5.41, 5.74) is 4.65. The highest BCUT2D eigenvalue weighted by molar-refractivity contribution is 7.99. The van der Waals surface area contributed by atoms with Crippen LogP contribution >= 0.6 is 11.8 Å². The molecular weight excluding hydrogens is 406 g/mol. The number of para-hydroxylation sites is 1. The minimum atomic E-state index is -0.181. The van der Waals surface area contributed by atoms with Gasteiger partial charge in [0.1, 0.15) is 5.82 Å². The largest absolute Gasteiger partial charge is 0.293 e. The summed E-state index contributed by atoms with van der Waals surface area (Å²) in [6, 6.07) is 17.0. The van der Waals surface area contributed by atoms with E-state index in [1.807, 2.05) is 49.4 Å². The number of rotatable bonds is 5. The van der Waals surface area contributed by atoms with Crippen molar-refractivity contribution in [3.8, 4) is 5.82 Å². The summed E-state index contributed by atoms with van der Waals surface area (Å²) < 4.78 is 1.53. The van der Waals surface area contributed by atoms with Crippen LogP contribution < -0.4 is 5.56 Å². The standard InChI is InChI=1S/C25H21N3O2S/c1-16-6-5-13-26-23(16)28-24(30)20-9-2-3-10-21(20)27-25(28)31-15-22(29)19-12-11-17-7-4-8-18(17)14-19/h2-3,5-6,9-14H,4,7-8,15H2,1H3. The number of ketones is 1. The van der Waals surface area contributed by atoms with E-state index in [0.717, 1.165) is 30.4 Å². The van der Waals surface area contributed by atoms with Crippen LogP contribution in [0, 0.1) is 6.92 Å². The first-order valence-corrected chi connectivity index (χ1v) is 11.3. The molecule has 31 heavy (non-hydrogen) atoms. The normalized spacial score (nSPS) is 12.8. The van der Waals surface area contributed by atoms with Crippen LogP contribution in [0.15, 0.2) is 70.7 Å². The first-order chi connectivity index (χ1) is 15.1. The van der Waals surface area contributed by atoms with Crippen molar-refractivity contribution in [3.05, 3.63) is 93.4 Å². The van der Waals surface area contributed by atoms with Gasteiger partial charge in [-0.3, -0.25) is 9.59 Å². The van der Waals surface area contributed by atoms with Crippen molar-refractivity contribution in [2.24, 2.45) is 0 Å². The lowest BCUT2D eigenvalue weighted by Crippen LogP contribution is -2.23. The third-order valence-electron chi connectivity index (χ3n) is 5.69. The molecule has 0 aliphatic heterocycles. The number of nitrogens with zero attached hydrogens (tertiary/aromatic N) is 3. The summed E-state index contributed by atoms with van der Waals surface area (Å²) in [6.07, 6.45) is 4.94. The lowest BCUT2D eigenvalue weighted by Gasteiger charge is -2.14. The van der Waals surface area contributed by atoms with E-state index in [0.29, 0.717) is 21.9 Å². The Morgan fingerprint density at radius 3 is 2.77 bits per heavy atom. The number of hydrogen-bond donors (Lipinski definition) is 0. The Labute approximate surface area is 184 Å². The van der Waals surface area contributed by atoms with Crippen LogP contribution in [0.4, 0.5) is 0 Å². The molecule has 0 atom stereocenters. The average Bonchev–Trinajstić information content (AvgIpc) is 3.26. The Bertz CT molecular complexity index is 1380. The van der Waals surface area contributed by atoms with Gasteiger partial charge >= 0.3 is 0 Å². The maximum Gasteiger partial charge on any atom is 0.267 e. The Morgan fingerprint density at radius 2 is 1.90 bits per heavy atom. The molecule has 5 rings (SSSR count). The monoisotopic (exact) mass is 427 g/mol. The van der Waals surface area contributed by atoms with E-state index < -0.39 is 0 Å². The van der Waals surface area contributed by atoms with E-state index in [1.165, 1.54) is 27.5 Å². The maximum atomic E-state index is 13.3. The highest BCUT2D eigenvalue weighted by Crippen LogP contribution is 2.26. The molecule has 6 heteroatoms. The van der Waals surface area contributed by atoms with Crippen LogP contribution in [0.5, 0.6) is 0 Å². The molecule has 0 amide bonds. The lowest BCUT2D eigenvalue weighted by atomic mass is 10.0. The van der Waals surface area contributed by atoms with E-state index in [2.05, 4.69) is 11.1 Å². The van der Waals surface area contributed by atoms with Crippen molar-refractivity contribution in [3.63, 3.8) is 0 Å². The molecule has 1 aliphatic rings. The zero-order valence-electron chi connectivity index (χ0n) is 17.2. The molecule has 2 aromatic carbocycles. The zero-order valence-corrected chi connectivity index (χ0v) is 18.0. The van der Waals surface area contributed by atoms with Crippen molar-refractivity contribution >= 4 is 28.4 Å². The molecule has 0 saturated heterocycles. The van der Waals surface area contributed by atoms with Crippen molar-refractivity contribution < 1.29 is 4.79 Å². The van der Waals surface area contributed by atoms with Gasteiger partial charge in [0.15, 0.2) is 10.9 Å². The molecule has 2 heterocycles. The van der Waals surface area contributed by atoms with Crippen molar-refractivity contribution in [1.82, 2.24) is 14.5 Å². The molecule has 4 aromatic rings. The first kappa shape index (κ1) is 19.7. The van der Waals surface area contributed by atoms with Gasteiger partial charge in [0.05, 0.1) is 16.7 Å². The maximum absolute atomic E-state index is 13.3. The van der Waals surface area contributed by atoms with Gasteiger partial charge in [0.2, 0.25) is 0 Å². The fourth-order valence-corrected chi connectivity index (χ4v) is 4.95. The van der Waals surface area contributed by atoms with Gasteiger partial charge in [0.25, 0.3) is 5.56 Å². The zero-order chi connectivity index (χ0) is 21.4. The van der Waals surface area contributed by atoms with E-state index in [9.17, 15) is 9.59 Å². The number of carbonyl (C=O) groups is 1. The number of aryl methyl sites for hydroxylation is 3. The van der Waals surface area contributed by atoms with Gasteiger partial charge in [-0.15, -0.1) is 0 Å². The molecule has 1 aliphatic carbocycles. The van der Waals surface area contributed by atoms with Crippen LogP contribution in [0.2, 0.25) is 0 Å². The molecule has 0 radical (unpaired) electrons. The topological polar surface area (TPSA) is 64.8 Å². The second-order valence-corrected chi connectivity index (χ2v) is 8.69. The predicted octanol–water partition coefficient (Wildman–Crippen LogP) is 4.55. The number of aromatic nitrogens is 3. The Morgan fingerprint density at radius 1 is 1.06 bits per heavy atom. The van der Waals surface area contributed by atoms with E-state index in [1.54, 1.807) is 12.3 Å². The molecule has 2 aromatic heterocycles. The molecular formula is C25H21N3O2S. The summed E-state index contributed by atoms with van der Waals surface area (Å²) in [5, 5.41) is 1.00. The Hall–Kier alpha value is -3.25. The summed E-state index contributed by atoms with van der Waals surface area (Å²) >= 11 is 1.28. The number of fused-ring (bicyclic) bond motifs is 2. The number of Topliss-reactive ketones (excluding diaryl/α,β-unsaturated/α-hetero) is 1. The van der Waals surface area contributed by atoms with E-state index in [-0.39, 0.29) is 17.1 Å². The van der Waals surface area contributed by atoms with Gasteiger partial charge < -0.3 is 0 Å². The van der Waals surface area contributed by atoms with Crippen molar-refractivity contribution in [2.45, 2.75) is 31.3 Å². The third-order valence-corrected chi connectivity index (χ3v) is 6.63. The number of carbonyl (C=O) groups excluding carboxylic acids is 1. The van der Waals surface area contributed by atoms with Crippen LogP contribution in [-0.4, -0.2) is 26.1 Å². The Balaban J connectivity index is 1.53. The lowest BCUT2D eigenvalue weighted by molar-refractivity contribution is 0.102. The van der Waals surface area contributed by atoms with Crippen LogP contribution in [0.3, 0.4) is 0 Å². The van der Waals surface area contributed by atoms with Gasteiger partial charge in [-0.25, -0.2) is 14.5 Å². The van der Waals surface area contributed by atoms with Gasteiger partial charge in [-0.1, -0.05) is 42.1 Å². The fraction of sp³-hybridized carbons (Fsp3) is 0.200. The Kier molecular flexibility index (Phi) is 5.16. The van der Waals surface area contributed by atoms with Crippen molar-refractivity contribution in [2.75, 3.05) is 5.75 Å². The molecule has 0 N–H and O–H groups in total. The number of hydrogen-bond acceptors (Lipinski definition) is 5. The molecule has 0 fully saturated rings. The van der Waals surface area contributed by atoms with Gasteiger partial charge in [0, 0.05) is 11.8 Å². The second kappa shape index (κ2) is 8.12. The molecule has 0 spiro atoms. The van der Waals surface area contributed by atoms with Crippen LogP contribution in [0.25, 0.3) is 16.7 Å². The highest BCUT2D eigenvalue weighted by atomic mass is 32.2. The first-order valence-electron chi connectivity index (χ1n) is 10.3. The smallest absolute Gasteiger partial charge is 0.267 e. The van der Waals surface area contributed by atoms with Crippen LogP contribution in [0.1, 0.15) is 33.5 Å². The number of pyridine rings is 1. The van der Waals surface area contributed by atoms with Gasteiger partial charge in [-0.05, 0) is 67.1 Å². The highest BCUT2D eigenvalue weighted by Gasteiger charge is 2.18. The molecule has 154 valence electrons. The van der Waals surface area contributed by atoms with Crippen LogP contribution in [-0.2, 0) is 12.8 Å². The summed E-state index contributed by atoms with van der Waals surface area (Å²) in [4.78, 5) is 35.4.